The predicted molar refractivity (Wildman–Crippen MR) is 76.8 cm³/mol. The zero-order valence-electron chi connectivity index (χ0n) is 12.0. The highest BCUT2D eigenvalue weighted by molar-refractivity contribution is 5.98. The van der Waals surface area contributed by atoms with Gasteiger partial charge in [-0.05, 0) is 38.5 Å². The Morgan fingerprint density at radius 1 is 1.29 bits per heavy atom. The number of ketones is 1. The van der Waals surface area contributed by atoms with Gasteiger partial charge in [0.25, 0.3) is 5.89 Å². The molecular formula is C15H14N4O2. The van der Waals surface area contributed by atoms with Gasteiger partial charge in [-0.2, -0.15) is 4.98 Å². The van der Waals surface area contributed by atoms with Crippen molar-refractivity contribution in [2.45, 2.75) is 20.8 Å². The Balaban J connectivity index is 2.05. The lowest BCUT2D eigenvalue weighted by Crippen LogP contribution is -1.94. The lowest BCUT2D eigenvalue weighted by atomic mass is 10.1. The van der Waals surface area contributed by atoms with Crippen LogP contribution in [0.25, 0.3) is 23.1 Å². The standard InChI is InChI=1S/C15H14N4O2/c1-8-12(10(3)20)9(2)17-13(8)15-18-14(19-21-15)11-6-4-5-7-16-11/h4-7,17H,1-3H3. The molecule has 21 heavy (non-hydrogen) atoms. The van der Waals surface area contributed by atoms with Gasteiger partial charge >= 0.3 is 0 Å². The van der Waals surface area contributed by atoms with E-state index in [2.05, 4.69) is 20.1 Å². The molecule has 6 heteroatoms. The quantitative estimate of drug-likeness (QED) is 0.746. The van der Waals surface area contributed by atoms with Gasteiger partial charge < -0.3 is 9.51 Å². The van der Waals surface area contributed by atoms with Gasteiger partial charge in [-0.3, -0.25) is 9.78 Å². The maximum atomic E-state index is 11.7. The number of aryl methyl sites for hydroxylation is 1. The number of hydrogen-bond donors (Lipinski definition) is 1. The largest absolute Gasteiger partial charge is 0.354 e. The number of H-pyrrole nitrogens is 1. The van der Waals surface area contributed by atoms with Gasteiger partial charge in [0.1, 0.15) is 11.4 Å². The maximum absolute atomic E-state index is 11.7. The van der Waals surface area contributed by atoms with Crippen LogP contribution in [-0.4, -0.2) is 25.9 Å². The van der Waals surface area contributed by atoms with E-state index in [-0.39, 0.29) is 5.78 Å². The fourth-order valence-corrected chi connectivity index (χ4v) is 2.42. The number of carbonyl (C=O) groups excluding carboxylic acids is 1. The smallest absolute Gasteiger partial charge is 0.275 e. The molecule has 0 spiro atoms. The summed E-state index contributed by atoms with van der Waals surface area (Å²) in [4.78, 5) is 23.3. The first-order valence-electron chi connectivity index (χ1n) is 6.53. The summed E-state index contributed by atoms with van der Waals surface area (Å²) in [6.07, 6.45) is 1.67. The van der Waals surface area contributed by atoms with Crippen LogP contribution in [0.1, 0.15) is 28.5 Å². The number of nitrogens with zero attached hydrogens (tertiary/aromatic N) is 3. The first-order chi connectivity index (χ1) is 10.1. The summed E-state index contributed by atoms with van der Waals surface area (Å²) in [6, 6.07) is 5.49. The van der Waals surface area contributed by atoms with E-state index in [9.17, 15) is 4.79 Å². The maximum Gasteiger partial charge on any atom is 0.275 e. The van der Waals surface area contributed by atoms with E-state index < -0.39 is 0 Å². The van der Waals surface area contributed by atoms with Gasteiger partial charge in [0.15, 0.2) is 5.78 Å². The summed E-state index contributed by atoms with van der Waals surface area (Å²) < 4.78 is 5.29. The molecule has 3 rings (SSSR count). The Kier molecular flexibility index (Phi) is 3.13. The lowest BCUT2D eigenvalue weighted by Gasteiger charge is -1.95. The second-order valence-corrected chi connectivity index (χ2v) is 4.82. The normalized spacial score (nSPS) is 10.8. The van der Waals surface area contributed by atoms with Crippen LogP contribution in [0.15, 0.2) is 28.9 Å². The van der Waals surface area contributed by atoms with E-state index in [1.807, 2.05) is 32.0 Å². The summed E-state index contributed by atoms with van der Waals surface area (Å²) in [7, 11) is 0. The molecule has 3 aromatic rings. The van der Waals surface area contributed by atoms with Crippen molar-refractivity contribution in [2.24, 2.45) is 0 Å². The molecule has 0 bridgehead atoms. The number of pyridine rings is 1. The summed E-state index contributed by atoms with van der Waals surface area (Å²) in [5.41, 5.74) is 3.60. The van der Waals surface area contributed by atoms with Crippen LogP contribution < -0.4 is 0 Å². The highest BCUT2D eigenvalue weighted by atomic mass is 16.5. The molecule has 0 atom stereocenters. The number of Topliss-reactive ketones (excluding diaryl/α,β-unsaturated/α-hetero) is 1. The molecular weight excluding hydrogens is 268 g/mol. The fourth-order valence-electron chi connectivity index (χ4n) is 2.42. The molecule has 0 saturated carbocycles. The van der Waals surface area contributed by atoms with E-state index in [1.165, 1.54) is 0 Å². The van der Waals surface area contributed by atoms with Gasteiger partial charge in [0.05, 0.1) is 0 Å². The van der Waals surface area contributed by atoms with Crippen molar-refractivity contribution in [1.82, 2.24) is 20.1 Å². The monoisotopic (exact) mass is 282 g/mol. The van der Waals surface area contributed by atoms with E-state index in [0.717, 1.165) is 11.3 Å². The molecule has 3 aromatic heterocycles. The zero-order valence-corrected chi connectivity index (χ0v) is 12.0. The predicted octanol–water partition coefficient (Wildman–Crippen LogP) is 2.95. The van der Waals surface area contributed by atoms with E-state index in [1.54, 1.807) is 13.1 Å². The van der Waals surface area contributed by atoms with Crippen molar-refractivity contribution >= 4 is 5.78 Å². The summed E-state index contributed by atoms with van der Waals surface area (Å²) in [5.74, 6) is 0.780. The minimum absolute atomic E-state index is 0.0111. The molecule has 0 aliphatic heterocycles. The topological polar surface area (TPSA) is 84.7 Å². The summed E-state index contributed by atoms with van der Waals surface area (Å²) in [6.45, 7) is 5.25. The van der Waals surface area contributed by atoms with Gasteiger partial charge in [-0.25, -0.2) is 0 Å². The molecule has 0 aliphatic carbocycles. The number of carbonyl (C=O) groups is 1. The van der Waals surface area contributed by atoms with Gasteiger partial charge in [0.2, 0.25) is 5.82 Å². The molecule has 6 nitrogen and oxygen atoms in total. The second-order valence-electron chi connectivity index (χ2n) is 4.82. The van der Waals surface area contributed by atoms with Gasteiger partial charge in [0, 0.05) is 17.5 Å². The summed E-state index contributed by atoms with van der Waals surface area (Å²) in [5, 5.41) is 3.93. The minimum Gasteiger partial charge on any atom is -0.354 e. The van der Waals surface area contributed by atoms with Crippen LogP contribution in [0.4, 0.5) is 0 Å². The summed E-state index contributed by atoms with van der Waals surface area (Å²) >= 11 is 0. The van der Waals surface area contributed by atoms with E-state index >= 15 is 0 Å². The van der Waals surface area contributed by atoms with Crippen LogP contribution in [0.3, 0.4) is 0 Å². The Bertz CT molecular complexity index is 802. The Hall–Kier alpha value is -2.76. The average Bonchev–Trinajstić information content (AvgIpc) is 3.04. The van der Waals surface area contributed by atoms with E-state index in [0.29, 0.717) is 28.7 Å². The Morgan fingerprint density at radius 3 is 2.71 bits per heavy atom. The second kappa shape index (κ2) is 4.97. The van der Waals surface area contributed by atoms with Crippen molar-refractivity contribution in [3.8, 4) is 23.1 Å². The first-order valence-corrected chi connectivity index (χ1v) is 6.53. The molecule has 3 heterocycles. The van der Waals surface area contributed by atoms with Crippen LogP contribution >= 0.6 is 0 Å². The number of aromatic nitrogens is 4. The average molecular weight is 282 g/mol. The van der Waals surface area contributed by atoms with Gasteiger partial charge in [-0.15, -0.1) is 0 Å². The number of nitrogens with one attached hydrogen (secondary N) is 1. The molecule has 0 amide bonds. The molecule has 0 unspecified atom stereocenters. The van der Waals surface area contributed by atoms with Crippen LogP contribution in [0, 0.1) is 13.8 Å². The van der Waals surface area contributed by atoms with Crippen molar-refractivity contribution in [3.63, 3.8) is 0 Å². The molecule has 0 aliphatic rings. The van der Waals surface area contributed by atoms with Gasteiger partial charge in [-0.1, -0.05) is 11.2 Å². The molecule has 0 aromatic carbocycles. The first kappa shape index (κ1) is 13.2. The number of rotatable bonds is 3. The van der Waals surface area contributed by atoms with Crippen molar-refractivity contribution in [2.75, 3.05) is 0 Å². The SMILES string of the molecule is CC(=O)c1c(C)[nH]c(-c2nc(-c3ccccn3)no2)c1C. The highest BCUT2D eigenvalue weighted by Crippen LogP contribution is 2.27. The molecule has 0 radical (unpaired) electrons. The van der Waals surface area contributed by atoms with Crippen LogP contribution in [0.2, 0.25) is 0 Å². The Labute approximate surface area is 121 Å². The van der Waals surface area contributed by atoms with Crippen molar-refractivity contribution < 1.29 is 9.32 Å². The van der Waals surface area contributed by atoms with Crippen molar-refractivity contribution in [1.29, 1.82) is 0 Å². The van der Waals surface area contributed by atoms with Crippen LogP contribution in [-0.2, 0) is 0 Å². The van der Waals surface area contributed by atoms with E-state index in [4.69, 9.17) is 4.52 Å². The molecule has 0 fully saturated rings. The molecule has 0 saturated heterocycles. The number of hydrogen-bond acceptors (Lipinski definition) is 5. The van der Waals surface area contributed by atoms with Crippen LogP contribution in [0.5, 0.6) is 0 Å². The Morgan fingerprint density at radius 2 is 2.10 bits per heavy atom. The fraction of sp³-hybridized carbons (Fsp3) is 0.200. The highest BCUT2D eigenvalue weighted by Gasteiger charge is 2.20. The number of aromatic amines is 1. The third-order valence-corrected chi connectivity index (χ3v) is 3.32. The zero-order chi connectivity index (χ0) is 15.0. The molecule has 1 N–H and O–H groups in total. The third-order valence-electron chi connectivity index (χ3n) is 3.32. The third kappa shape index (κ3) is 2.24. The minimum atomic E-state index is 0.0111. The molecule has 106 valence electrons. The van der Waals surface area contributed by atoms with Crippen molar-refractivity contribution in [3.05, 3.63) is 41.2 Å². The lowest BCUT2D eigenvalue weighted by molar-refractivity contribution is 0.101.